The summed E-state index contributed by atoms with van der Waals surface area (Å²) in [5.41, 5.74) is 5.81. The molecule has 0 unspecified atom stereocenters. The molecule has 0 aromatic heterocycles. The van der Waals surface area contributed by atoms with E-state index in [1.54, 1.807) is 0 Å². The average molecular weight is 279 g/mol. The van der Waals surface area contributed by atoms with Crippen molar-refractivity contribution in [1.82, 2.24) is 4.90 Å². The van der Waals surface area contributed by atoms with E-state index in [4.69, 9.17) is 0 Å². The molecule has 1 heteroatoms. The Kier molecular flexibility index (Phi) is 3.62. The fraction of sp³-hybridized carbons (Fsp3) is 0.400. The third-order valence-electron chi connectivity index (χ3n) is 5.11. The van der Waals surface area contributed by atoms with Gasteiger partial charge in [0.05, 0.1) is 0 Å². The fourth-order valence-electron chi connectivity index (χ4n) is 3.49. The van der Waals surface area contributed by atoms with E-state index in [0.717, 1.165) is 0 Å². The number of rotatable bonds is 3. The van der Waals surface area contributed by atoms with Crippen LogP contribution in [-0.2, 0) is 5.41 Å². The van der Waals surface area contributed by atoms with Crippen LogP contribution in [-0.4, -0.2) is 25.0 Å². The quantitative estimate of drug-likeness (QED) is 0.809. The molecule has 2 aromatic carbocycles. The van der Waals surface area contributed by atoms with E-state index in [-0.39, 0.29) is 5.41 Å². The van der Waals surface area contributed by atoms with E-state index in [1.165, 1.54) is 35.1 Å². The van der Waals surface area contributed by atoms with Crippen molar-refractivity contribution in [3.8, 4) is 0 Å². The van der Waals surface area contributed by atoms with Crippen LogP contribution in [0.2, 0.25) is 0 Å². The Morgan fingerprint density at radius 3 is 1.48 bits per heavy atom. The summed E-state index contributed by atoms with van der Waals surface area (Å²) in [6.07, 6.45) is 2.43. The maximum Gasteiger partial charge on any atom is 0.0232 e. The van der Waals surface area contributed by atoms with Crippen molar-refractivity contribution < 1.29 is 0 Å². The van der Waals surface area contributed by atoms with Gasteiger partial charge in [-0.05, 0) is 51.9 Å². The second-order valence-corrected chi connectivity index (χ2v) is 6.84. The van der Waals surface area contributed by atoms with Gasteiger partial charge in [-0.3, -0.25) is 0 Å². The van der Waals surface area contributed by atoms with Gasteiger partial charge in [-0.15, -0.1) is 0 Å². The predicted molar refractivity (Wildman–Crippen MR) is 89.8 cm³/mol. The van der Waals surface area contributed by atoms with Crippen LogP contribution in [0, 0.1) is 13.8 Å². The Labute approximate surface area is 128 Å². The Morgan fingerprint density at radius 1 is 0.762 bits per heavy atom. The zero-order valence-corrected chi connectivity index (χ0v) is 13.6. The Balaban J connectivity index is 2.00. The van der Waals surface area contributed by atoms with E-state index in [2.05, 4.69) is 81.4 Å². The van der Waals surface area contributed by atoms with Crippen LogP contribution in [0.25, 0.3) is 0 Å². The zero-order chi connectivity index (χ0) is 15.0. The summed E-state index contributed by atoms with van der Waals surface area (Å²) in [6.45, 7) is 4.32. The Bertz CT molecular complexity index is 554. The van der Waals surface area contributed by atoms with Gasteiger partial charge in [-0.25, -0.2) is 0 Å². The van der Waals surface area contributed by atoms with Crippen molar-refractivity contribution >= 4 is 0 Å². The number of hydrogen-bond donors (Lipinski definition) is 0. The van der Waals surface area contributed by atoms with E-state index < -0.39 is 0 Å². The van der Waals surface area contributed by atoms with Gasteiger partial charge in [0.2, 0.25) is 0 Å². The predicted octanol–water partition coefficient (Wildman–Crippen LogP) is 4.31. The molecule has 0 bridgehead atoms. The lowest BCUT2D eigenvalue weighted by atomic mass is 9.57. The first-order chi connectivity index (χ1) is 10.0. The van der Waals surface area contributed by atoms with Gasteiger partial charge < -0.3 is 4.90 Å². The molecule has 2 aromatic rings. The van der Waals surface area contributed by atoms with Crippen molar-refractivity contribution in [3.05, 3.63) is 70.8 Å². The molecule has 0 atom stereocenters. The molecule has 0 heterocycles. The van der Waals surface area contributed by atoms with Crippen molar-refractivity contribution in [3.63, 3.8) is 0 Å². The second kappa shape index (κ2) is 5.31. The third kappa shape index (κ3) is 2.51. The number of benzene rings is 2. The molecule has 1 nitrogen and oxygen atoms in total. The first-order valence-electron chi connectivity index (χ1n) is 7.82. The third-order valence-corrected chi connectivity index (χ3v) is 5.11. The lowest BCUT2D eigenvalue weighted by Crippen LogP contribution is -2.51. The summed E-state index contributed by atoms with van der Waals surface area (Å²) in [7, 11) is 4.39. The van der Waals surface area contributed by atoms with Crippen LogP contribution in [0.3, 0.4) is 0 Å². The maximum atomic E-state index is 2.36. The summed E-state index contributed by atoms with van der Waals surface area (Å²) in [4.78, 5) is 2.36. The molecule has 3 rings (SSSR count). The summed E-state index contributed by atoms with van der Waals surface area (Å²) >= 11 is 0. The summed E-state index contributed by atoms with van der Waals surface area (Å²) in [5.74, 6) is 0. The monoisotopic (exact) mass is 279 g/mol. The van der Waals surface area contributed by atoms with Gasteiger partial charge in [0.1, 0.15) is 0 Å². The van der Waals surface area contributed by atoms with Crippen LogP contribution in [0.1, 0.15) is 35.1 Å². The number of hydrogen-bond acceptors (Lipinski definition) is 1. The first-order valence-corrected chi connectivity index (χ1v) is 7.82. The van der Waals surface area contributed by atoms with Crippen molar-refractivity contribution in [2.24, 2.45) is 0 Å². The van der Waals surface area contributed by atoms with Crippen molar-refractivity contribution in [1.29, 1.82) is 0 Å². The molecule has 21 heavy (non-hydrogen) atoms. The average Bonchev–Trinajstić information content (AvgIpc) is 2.41. The van der Waals surface area contributed by atoms with Gasteiger partial charge in [0.25, 0.3) is 0 Å². The molecule has 0 radical (unpaired) electrons. The maximum absolute atomic E-state index is 2.36. The van der Waals surface area contributed by atoms with Crippen molar-refractivity contribution in [2.75, 3.05) is 14.1 Å². The molecule has 0 amide bonds. The Morgan fingerprint density at radius 2 is 1.14 bits per heavy atom. The molecule has 0 aliphatic heterocycles. The fourth-order valence-corrected chi connectivity index (χ4v) is 3.49. The van der Waals surface area contributed by atoms with Crippen molar-refractivity contribution in [2.45, 2.75) is 38.1 Å². The van der Waals surface area contributed by atoms with Gasteiger partial charge in [0.15, 0.2) is 0 Å². The summed E-state index contributed by atoms with van der Waals surface area (Å²) in [5, 5.41) is 0. The highest BCUT2D eigenvalue weighted by molar-refractivity contribution is 5.44. The highest BCUT2D eigenvalue weighted by Crippen LogP contribution is 2.50. The van der Waals surface area contributed by atoms with Crippen LogP contribution in [0.4, 0.5) is 0 Å². The topological polar surface area (TPSA) is 3.24 Å². The highest BCUT2D eigenvalue weighted by Gasteiger charge is 2.47. The molecule has 1 saturated carbocycles. The SMILES string of the molecule is Cc1ccc(C2(c3ccc(C)cc3)CC(N(C)C)C2)cc1. The zero-order valence-electron chi connectivity index (χ0n) is 13.6. The van der Waals surface area contributed by atoms with E-state index in [9.17, 15) is 0 Å². The van der Waals surface area contributed by atoms with Crippen LogP contribution in [0.5, 0.6) is 0 Å². The molecular formula is C20H25N. The number of nitrogens with zero attached hydrogens (tertiary/aromatic N) is 1. The minimum Gasteiger partial charge on any atom is -0.306 e. The van der Waals surface area contributed by atoms with Gasteiger partial charge in [-0.2, -0.15) is 0 Å². The molecule has 0 N–H and O–H groups in total. The summed E-state index contributed by atoms with van der Waals surface area (Å²) < 4.78 is 0. The molecule has 1 aliphatic carbocycles. The summed E-state index contributed by atoms with van der Waals surface area (Å²) in [6, 6.07) is 18.9. The number of aryl methyl sites for hydroxylation is 2. The van der Waals surface area contributed by atoms with Gasteiger partial charge in [-0.1, -0.05) is 59.7 Å². The van der Waals surface area contributed by atoms with Crippen LogP contribution in [0.15, 0.2) is 48.5 Å². The van der Waals surface area contributed by atoms with Gasteiger partial charge in [0, 0.05) is 11.5 Å². The highest BCUT2D eigenvalue weighted by atomic mass is 15.1. The van der Waals surface area contributed by atoms with Gasteiger partial charge >= 0.3 is 0 Å². The smallest absolute Gasteiger partial charge is 0.0232 e. The van der Waals surface area contributed by atoms with Crippen LogP contribution < -0.4 is 0 Å². The normalized spacial score (nSPS) is 17.8. The standard InChI is InChI=1S/C20H25N/c1-15-5-9-17(10-6-15)20(13-19(14-20)21(3)4)18-11-7-16(2)8-12-18/h5-12,19H,13-14H2,1-4H3. The second-order valence-electron chi connectivity index (χ2n) is 6.84. The largest absolute Gasteiger partial charge is 0.306 e. The lowest BCUT2D eigenvalue weighted by molar-refractivity contribution is 0.117. The molecule has 110 valence electrons. The minimum atomic E-state index is 0.205. The first kappa shape index (κ1) is 14.3. The molecular weight excluding hydrogens is 254 g/mol. The van der Waals surface area contributed by atoms with E-state index in [0.29, 0.717) is 6.04 Å². The van der Waals surface area contributed by atoms with E-state index in [1.807, 2.05) is 0 Å². The Hall–Kier alpha value is -1.60. The lowest BCUT2D eigenvalue weighted by Gasteiger charge is -2.51. The molecule has 0 saturated heterocycles. The molecule has 1 fully saturated rings. The molecule has 0 spiro atoms. The minimum absolute atomic E-state index is 0.205. The van der Waals surface area contributed by atoms with E-state index >= 15 is 0 Å². The molecule has 1 aliphatic rings. The van der Waals surface area contributed by atoms with Crippen LogP contribution >= 0.6 is 0 Å².